The van der Waals surface area contributed by atoms with Gasteiger partial charge >= 0.3 is 0 Å². The Morgan fingerprint density at radius 2 is 2.33 bits per heavy atom. The number of rotatable bonds is 0. The van der Waals surface area contributed by atoms with Gasteiger partial charge in [-0.15, -0.1) is 0 Å². The normalized spacial score (nSPS) is 9.56. The Morgan fingerprint density at radius 1 is 1.67 bits per heavy atom. The van der Waals surface area contributed by atoms with Gasteiger partial charge in [-0.25, -0.2) is 4.98 Å². The Hall–Kier alpha value is -0.320. The van der Waals surface area contributed by atoms with Crippen LogP contribution in [0.1, 0.15) is 5.56 Å². The molecule has 0 saturated heterocycles. The molecule has 2 N–H and O–H groups in total. The zero-order chi connectivity index (χ0) is 6.85. The highest BCUT2D eigenvalue weighted by Crippen LogP contribution is 2.09. The number of nitrogen functional groups attached to an aromatic ring is 1. The van der Waals surface area contributed by atoms with Gasteiger partial charge in [-0.2, -0.15) is 0 Å². The van der Waals surface area contributed by atoms with Crippen LogP contribution in [0.25, 0.3) is 0 Å². The average Bonchev–Trinajstić information content (AvgIpc) is 1.80. The van der Waals surface area contributed by atoms with Crippen LogP contribution in [0, 0.1) is 10.6 Å². The molecule has 9 heavy (non-hydrogen) atoms. The Balaban J connectivity index is 3.17. The molecule has 1 aromatic rings. The molecule has 0 bridgehead atoms. The van der Waals surface area contributed by atoms with Gasteiger partial charge in [-0.3, -0.25) is 0 Å². The molecule has 0 spiro atoms. The van der Waals surface area contributed by atoms with E-state index in [-0.39, 0.29) is 0 Å². The Morgan fingerprint density at radius 3 is 2.78 bits per heavy atom. The molecular weight excluding hydrogens is 227 g/mol. The lowest BCUT2D eigenvalue weighted by Gasteiger charge is -1.95. The van der Waals surface area contributed by atoms with Crippen LogP contribution in [-0.4, -0.2) is 4.98 Å². The second-order valence-corrected chi connectivity index (χ2v) is 2.90. The van der Waals surface area contributed by atoms with Crippen LogP contribution in [0.2, 0.25) is 0 Å². The summed E-state index contributed by atoms with van der Waals surface area (Å²) >= 11 is 2.17. The third-order valence-electron chi connectivity index (χ3n) is 1.04. The van der Waals surface area contributed by atoms with Crippen LogP contribution in [-0.2, 0) is 0 Å². The molecular formula is C6H7IN2. The summed E-state index contributed by atoms with van der Waals surface area (Å²) in [4.78, 5) is 4.04. The number of aryl methyl sites for hydroxylation is 1. The van der Waals surface area contributed by atoms with Gasteiger partial charge in [0.15, 0.2) is 0 Å². The highest BCUT2D eigenvalue weighted by Gasteiger charge is 1.92. The number of halogens is 1. The molecule has 0 aromatic carbocycles. The summed E-state index contributed by atoms with van der Waals surface area (Å²) in [6.07, 6.45) is 1.66. The fraction of sp³-hybridized carbons (Fsp3) is 0.167. The molecule has 0 atom stereocenters. The quantitative estimate of drug-likeness (QED) is 0.546. The molecule has 3 heteroatoms. The Labute approximate surface area is 67.6 Å². The first-order valence-corrected chi connectivity index (χ1v) is 3.65. The molecule has 0 radical (unpaired) electrons. The van der Waals surface area contributed by atoms with Gasteiger partial charge in [0.1, 0.15) is 3.70 Å². The van der Waals surface area contributed by atoms with Crippen LogP contribution < -0.4 is 5.73 Å². The van der Waals surface area contributed by atoms with E-state index in [0.29, 0.717) is 0 Å². The second kappa shape index (κ2) is 2.51. The molecule has 0 aliphatic carbocycles. The van der Waals surface area contributed by atoms with Crippen molar-refractivity contribution in [1.29, 1.82) is 0 Å². The van der Waals surface area contributed by atoms with Crippen LogP contribution in [0.3, 0.4) is 0 Å². The van der Waals surface area contributed by atoms with Gasteiger partial charge in [-0.1, -0.05) is 0 Å². The number of nitrogens with two attached hydrogens (primary N) is 1. The van der Waals surface area contributed by atoms with Gasteiger partial charge in [0.25, 0.3) is 0 Å². The topological polar surface area (TPSA) is 38.9 Å². The van der Waals surface area contributed by atoms with Crippen molar-refractivity contribution in [3.05, 3.63) is 21.5 Å². The minimum atomic E-state index is 0.730. The molecule has 1 rings (SSSR count). The average molecular weight is 234 g/mol. The fourth-order valence-electron chi connectivity index (χ4n) is 0.580. The smallest absolute Gasteiger partial charge is 0.104 e. The highest BCUT2D eigenvalue weighted by atomic mass is 127. The van der Waals surface area contributed by atoms with E-state index < -0.39 is 0 Å². The third-order valence-corrected chi connectivity index (χ3v) is 2.16. The van der Waals surface area contributed by atoms with Crippen molar-refractivity contribution in [2.24, 2.45) is 0 Å². The van der Waals surface area contributed by atoms with Crippen LogP contribution >= 0.6 is 22.6 Å². The zero-order valence-corrected chi connectivity index (χ0v) is 7.21. The zero-order valence-electron chi connectivity index (χ0n) is 5.06. The van der Waals surface area contributed by atoms with Gasteiger partial charge in [0, 0.05) is 0 Å². The van der Waals surface area contributed by atoms with Crippen molar-refractivity contribution < 1.29 is 0 Å². The first-order chi connectivity index (χ1) is 4.20. The number of nitrogens with zero attached hydrogens (tertiary/aromatic N) is 1. The van der Waals surface area contributed by atoms with Gasteiger partial charge < -0.3 is 5.73 Å². The van der Waals surface area contributed by atoms with Crippen LogP contribution in [0.5, 0.6) is 0 Å². The summed E-state index contributed by atoms with van der Waals surface area (Å²) < 4.78 is 1.02. The van der Waals surface area contributed by atoms with Crippen molar-refractivity contribution in [3.63, 3.8) is 0 Å². The second-order valence-electron chi connectivity index (χ2n) is 1.88. The summed E-state index contributed by atoms with van der Waals surface area (Å²) in [5.74, 6) is 0. The Bertz CT molecular complexity index is 222. The number of hydrogen-bond acceptors (Lipinski definition) is 2. The molecule has 0 amide bonds. The largest absolute Gasteiger partial charge is 0.397 e. The van der Waals surface area contributed by atoms with Crippen molar-refractivity contribution in [1.82, 2.24) is 4.98 Å². The maximum atomic E-state index is 5.46. The summed E-state index contributed by atoms with van der Waals surface area (Å²) in [7, 11) is 0. The van der Waals surface area contributed by atoms with Gasteiger partial charge in [0.2, 0.25) is 0 Å². The maximum absolute atomic E-state index is 5.46. The number of hydrogen-bond donors (Lipinski definition) is 1. The van der Waals surface area contributed by atoms with Crippen molar-refractivity contribution in [3.8, 4) is 0 Å². The lowest BCUT2D eigenvalue weighted by atomic mass is 10.3. The first kappa shape index (κ1) is 6.80. The lowest BCUT2D eigenvalue weighted by molar-refractivity contribution is 1.22. The van der Waals surface area contributed by atoms with Crippen molar-refractivity contribution in [2.75, 3.05) is 5.73 Å². The SMILES string of the molecule is Cc1cc(N)cnc1I. The monoisotopic (exact) mass is 234 g/mol. The predicted octanol–water partition coefficient (Wildman–Crippen LogP) is 1.58. The van der Waals surface area contributed by atoms with E-state index in [0.717, 1.165) is 15.0 Å². The molecule has 2 nitrogen and oxygen atoms in total. The molecule has 48 valence electrons. The number of pyridine rings is 1. The van der Waals surface area contributed by atoms with Crippen LogP contribution in [0.15, 0.2) is 12.3 Å². The van der Waals surface area contributed by atoms with E-state index in [1.807, 2.05) is 13.0 Å². The van der Waals surface area contributed by atoms with Crippen LogP contribution in [0.4, 0.5) is 5.69 Å². The number of anilines is 1. The predicted molar refractivity (Wildman–Crippen MR) is 46.1 cm³/mol. The van der Waals surface area contributed by atoms with E-state index >= 15 is 0 Å². The summed E-state index contributed by atoms with van der Waals surface area (Å²) in [6.45, 7) is 1.99. The Kier molecular flexibility index (Phi) is 1.90. The van der Waals surface area contributed by atoms with Gasteiger partial charge in [-0.05, 0) is 41.1 Å². The van der Waals surface area contributed by atoms with E-state index in [9.17, 15) is 0 Å². The first-order valence-electron chi connectivity index (χ1n) is 2.58. The molecule has 1 aromatic heterocycles. The van der Waals surface area contributed by atoms with E-state index in [1.165, 1.54) is 0 Å². The van der Waals surface area contributed by atoms with E-state index in [2.05, 4.69) is 27.6 Å². The van der Waals surface area contributed by atoms with Crippen molar-refractivity contribution in [2.45, 2.75) is 6.92 Å². The molecule has 0 aliphatic rings. The minimum Gasteiger partial charge on any atom is -0.397 e. The minimum absolute atomic E-state index is 0.730. The molecule has 0 unspecified atom stereocenters. The van der Waals surface area contributed by atoms with E-state index in [4.69, 9.17) is 5.73 Å². The molecule has 1 heterocycles. The summed E-state index contributed by atoms with van der Waals surface area (Å²) in [5.41, 5.74) is 7.33. The molecule has 0 fully saturated rings. The summed E-state index contributed by atoms with van der Waals surface area (Å²) in [6, 6.07) is 1.91. The lowest BCUT2D eigenvalue weighted by Crippen LogP contribution is -1.90. The number of aromatic nitrogens is 1. The molecule has 0 saturated carbocycles. The highest BCUT2D eigenvalue weighted by molar-refractivity contribution is 14.1. The van der Waals surface area contributed by atoms with Crippen molar-refractivity contribution >= 4 is 28.3 Å². The van der Waals surface area contributed by atoms with E-state index in [1.54, 1.807) is 6.20 Å². The van der Waals surface area contributed by atoms with Gasteiger partial charge in [0.05, 0.1) is 11.9 Å². The fourth-order valence-corrected chi connectivity index (χ4v) is 0.875. The molecule has 0 aliphatic heterocycles. The third kappa shape index (κ3) is 1.54. The standard InChI is InChI=1S/C6H7IN2/c1-4-2-5(8)3-9-6(4)7/h2-3H,8H2,1H3. The summed E-state index contributed by atoms with van der Waals surface area (Å²) in [5, 5.41) is 0. The maximum Gasteiger partial charge on any atom is 0.104 e.